The second kappa shape index (κ2) is 10.2. The van der Waals surface area contributed by atoms with Gasteiger partial charge in [0.2, 0.25) is 0 Å². The maximum atomic E-state index is 13.0. The molecule has 0 bridgehead atoms. The van der Waals surface area contributed by atoms with Crippen LogP contribution in [-0.4, -0.2) is 23.8 Å². The normalized spacial score (nSPS) is 11.9. The fourth-order valence-electron chi connectivity index (χ4n) is 3.01. The number of Topliss-reactive ketones (excluding diaryl/α,β-unsaturated/α-hetero) is 1. The van der Waals surface area contributed by atoms with E-state index in [1.807, 2.05) is 0 Å². The molecule has 0 heterocycles. The van der Waals surface area contributed by atoms with Gasteiger partial charge >= 0.3 is 12.1 Å². The van der Waals surface area contributed by atoms with Crippen LogP contribution in [0, 0.1) is 0 Å². The number of hydrogen-bond acceptors (Lipinski definition) is 5. The topological polar surface area (TPSA) is 84.5 Å². The number of ketones is 1. The molecule has 0 saturated carbocycles. The second-order valence-corrected chi connectivity index (χ2v) is 7.42. The average Bonchev–Trinajstić information content (AvgIpc) is 2.79. The van der Waals surface area contributed by atoms with E-state index in [4.69, 9.17) is 4.74 Å². The quantitative estimate of drug-likeness (QED) is 0.335. The molecule has 6 nitrogen and oxygen atoms in total. The summed E-state index contributed by atoms with van der Waals surface area (Å²) >= 11 is 0. The minimum Gasteiger partial charge on any atom is -0.449 e. The standard InChI is InChI=1S/C25H21F3N2O4/c1-15(31)17-10-12-19(13-11-17)30-23(32)16(2)34-24(33)21-8-3-4-9-22(21)29-20-7-5-6-18(14-20)25(26,27)28/h3-14,16,29H,1-2H3,(H,30,32)/t16-/m1/s1. The lowest BCUT2D eigenvalue weighted by molar-refractivity contribution is -0.137. The van der Waals surface area contributed by atoms with Crippen LogP contribution in [0.3, 0.4) is 0 Å². The van der Waals surface area contributed by atoms with Crippen molar-refractivity contribution in [1.82, 2.24) is 0 Å². The zero-order chi connectivity index (χ0) is 24.9. The van der Waals surface area contributed by atoms with Crippen molar-refractivity contribution < 1.29 is 32.3 Å². The number of carbonyl (C=O) groups excluding carboxylic acids is 3. The van der Waals surface area contributed by atoms with Crippen molar-refractivity contribution in [3.8, 4) is 0 Å². The molecule has 0 spiro atoms. The Balaban J connectivity index is 1.69. The van der Waals surface area contributed by atoms with Crippen molar-refractivity contribution in [2.24, 2.45) is 0 Å². The van der Waals surface area contributed by atoms with E-state index in [1.165, 1.54) is 38.1 Å². The Hall–Kier alpha value is -4.14. The van der Waals surface area contributed by atoms with Gasteiger partial charge in [-0.1, -0.05) is 18.2 Å². The van der Waals surface area contributed by atoms with Crippen LogP contribution in [-0.2, 0) is 15.7 Å². The fourth-order valence-corrected chi connectivity index (χ4v) is 3.01. The molecule has 0 unspecified atom stereocenters. The van der Waals surface area contributed by atoms with Crippen LogP contribution < -0.4 is 10.6 Å². The van der Waals surface area contributed by atoms with Gasteiger partial charge in [0.15, 0.2) is 11.9 Å². The Morgan fingerprint density at radius 2 is 1.56 bits per heavy atom. The summed E-state index contributed by atoms with van der Waals surface area (Å²) in [5.74, 6) is -1.53. The molecule has 0 fully saturated rings. The van der Waals surface area contributed by atoms with Crippen LogP contribution in [0.5, 0.6) is 0 Å². The van der Waals surface area contributed by atoms with Crippen LogP contribution in [0.1, 0.15) is 40.1 Å². The number of rotatable bonds is 7. The first-order valence-electron chi connectivity index (χ1n) is 10.2. The Morgan fingerprint density at radius 1 is 0.882 bits per heavy atom. The van der Waals surface area contributed by atoms with E-state index in [0.29, 0.717) is 11.3 Å². The van der Waals surface area contributed by atoms with Gasteiger partial charge in [-0.05, 0) is 68.4 Å². The van der Waals surface area contributed by atoms with Crippen LogP contribution in [0.2, 0.25) is 0 Å². The van der Waals surface area contributed by atoms with E-state index in [1.54, 1.807) is 36.4 Å². The summed E-state index contributed by atoms with van der Waals surface area (Å²) in [5, 5.41) is 5.38. The van der Waals surface area contributed by atoms with Crippen molar-refractivity contribution >= 4 is 34.7 Å². The largest absolute Gasteiger partial charge is 0.449 e. The van der Waals surface area contributed by atoms with Crippen molar-refractivity contribution in [2.45, 2.75) is 26.1 Å². The molecule has 0 saturated heterocycles. The predicted octanol–water partition coefficient (Wildman–Crippen LogP) is 5.84. The van der Waals surface area contributed by atoms with Gasteiger partial charge in [0, 0.05) is 16.9 Å². The first kappa shape index (κ1) is 24.5. The second-order valence-electron chi connectivity index (χ2n) is 7.42. The highest BCUT2D eigenvalue weighted by molar-refractivity contribution is 6.00. The number of ether oxygens (including phenoxy) is 1. The molecule has 0 aliphatic carbocycles. The van der Waals surface area contributed by atoms with Crippen molar-refractivity contribution in [3.63, 3.8) is 0 Å². The van der Waals surface area contributed by atoms with Crippen molar-refractivity contribution in [2.75, 3.05) is 10.6 Å². The number of hydrogen-bond donors (Lipinski definition) is 2. The molecule has 0 radical (unpaired) electrons. The highest BCUT2D eigenvalue weighted by Crippen LogP contribution is 2.32. The van der Waals surface area contributed by atoms with Gasteiger partial charge in [-0.2, -0.15) is 13.2 Å². The lowest BCUT2D eigenvalue weighted by atomic mass is 10.1. The first-order chi connectivity index (χ1) is 16.0. The molecular formula is C25H21F3N2O4. The maximum absolute atomic E-state index is 13.0. The summed E-state index contributed by atoms with van der Waals surface area (Å²) < 4.78 is 44.2. The Kier molecular flexibility index (Phi) is 7.35. The molecule has 3 rings (SSSR count). The number of benzene rings is 3. The molecule has 9 heteroatoms. The number of esters is 1. The lowest BCUT2D eigenvalue weighted by Gasteiger charge is -2.16. The smallest absolute Gasteiger partial charge is 0.416 e. The Labute approximate surface area is 193 Å². The van der Waals surface area contributed by atoms with E-state index < -0.39 is 29.7 Å². The molecule has 1 atom stereocenters. The monoisotopic (exact) mass is 470 g/mol. The number of amides is 1. The third kappa shape index (κ3) is 6.22. The molecule has 2 N–H and O–H groups in total. The molecule has 3 aromatic rings. The predicted molar refractivity (Wildman–Crippen MR) is 121 cm³/mol. The Morgan fingerprint density at radius 3 is 2.21 bits per heavy atom. The first-order valence-corrected chi connectivity index (χ1v) is 10.2. The van der Waals surface area contributed by atoms with Crippen LogP contribution in [0.4, 0.5) is 30.2 Å². The average molecular weight is 470 g/mol. The number of nitrogens with one attached hydrogen (secondary N) is 2. The van der Waals surface area contributed by atoms with Gasteiger partial charge in [0.05, 0.1) is 16.8 Å². The molecule has 34 heavy (non-hydrogen) atoms. The minimum atomic E-state index is -4.51. The zero-order valence-electron chi connectivity index (χ0n) is 18.3. The summed E-state index contributed by atoms with van der Waals surface area (Å²) in [6, 6.07) is 16.9. The molecule has 1 amide bonds. The highest BCUT2D eigenvalue weighted by atomic mass is 19.4. The summed E-state index contributed by atoms with van der Waals surface area (Å²) in [5.41, 5.74) is 0.477. The van der Waals surface area contributed by atoms with Gasteiger partial charge in [0.25, 0.3) is 5.91 Å². The lowest BCUT2D eigenvalue weighted by Crippen LogP contribution is -2.30. The van der Waals surface area contributed by atoms with Crippen LogP contribution in [0.25, 0.3) is 0 Å². The van der Waals surface area contributed by atoms with E-state index in [0.717, 1.165) is 12.1 Å². The third-order valence-electron chi connectivity index (χ3n) is 4.83. The minimum absolute atomic E-state index is 0.0466. The van der Waals surface area contributed by atoms with E-state index in [2.05, 4.69) is 10.6 Å². The van der Waals surface area contributed by atoms with Crippen LogP contribution in [0.15, 0.2) is 72.8 Å². The number of carbonyl (C=O) groups is 3. The van der Waals surface area contributed by atoms with Gasteiger partial charge in [0.1, 0.15) is 0 Å². The van der Waals surface area contributed by atoms with E-state index >= 15 is 0 Å². The summed E-state index contributed by atoms with van der Waals surface area (Å²) in [6.07, 6.45) is -5.67. The number of anilines is 3. The molecule has 0 aliphatic heterocycles. The number of para-hydroxylation sites is 1. The van der Waals surface area contributed by atoms with Crippen molar-refractivity contribution in [1.29, 1.82) is 0 Å². The number of alkyl halides is 3. The van der Waals surface area contributed by atoms with E-state index in [-0.39, 0.29) is 22.7 Å². The van der Waals surface area contributed by atoms with Gasteiger partial charge in [-0.25, -0.2) is 4.79 Å². The molecule has 176 valence electrons. The molecular weight excluding hydrogens is 449 g/mol. The molecule has 0 aromatic heterocycles. The summed E-state index contributed by atoms with van der Waals surface area (Å²) in [7, 11) is 0. The zero-order valence-corrected chi connectivity index (χ0v) is 18.3. The third-order valence-corrected chi connectivity index (χ3v) is 4.83. The maximum Gasteiger partial charge on any atom is 0.416 e. The fraction of sp³-hybridized carbons (Fsp3) is 0.160. The summed E-state index contributed by atoms with van der Waals surface area (Å²) in [4.78, 5) is 36.5. The Bertz CT molecular complexity index is 1210. The van der Waals surface area contributed by atoms with Gasteiger partial charge in [-0.15, -0.1) is 0 Å². The summed E-state index contributed by atoms with van der Waals surface area (Å²) in [6.45, 7) is 2.81. The SMILES string of the molecule is CC(=O)c1ccc(NC(=O)[C@@H](C)OC(=O)c2ccccc2Nc2cccc(C(F)(F)F)c2)cc1. The van der Waals surface area contributed by atoms with E-state index in [9.17, 15) is 27.6 Å². The van der Waals surface area contributed by atoms with Gasteiger partial charge < -0.3 is 15.4 Å². The van der Waals surface area contributed by atoms with Crippen molar-refractivity contribution in [3.05, 3.63) is 89.5 Å². The highest BCUT2D eigenvalue weighted by Gasteiger charge is 2.30. The molecule has 3 aromatic carbocycles. The molecule has 0 aliphatic rings. The van der Waals surface area contributed by atoms with Gasteiger partial charge in [-0.3, -0.25) is 9.59 Å². The van der Waals surface area contributed by atoms with Crippen LogP contribution >= 0.6 is 0 Å². The number of halogens is 3.